The second kappa shape index (κ2) is 8.07. The monoisotopic (exact) mass is 481 g/mol. The average molecular weight is 482 g/mol. The average Bonchev–Trinajstić information content (AvgIpc) is 3.25. The van der Waals surface area contributed by atoms with Gasteiger partial charge >= 0.3 is 0 Å². The van der Waals surface area contributed by atoms with Crippen molar-refractivity contribution in [2.75, 3.05) is 0 Å². The summed E-state index contributed by atoms with van der Waals surface area (Å²) in [7, 11) is 0. The molecule has 0 saturated heterocycles. The number of hydrogen-bond acceptors (Lipinski definition) is 3. The number of nitrogens with zero attached hydrogens (tertiary/aromatic N) is 3. The van der Waals surface area contributed by atoms with E-state index in [-0.39, 0.29) is 5.92 Å². The molecule has 1 unspecified atom stereocenters. The van der Waals surface area contributed by atoms with E-state index in [1.165, 1.54) is 46.4 Å². The van der Waals surface area contributed by atoms with Gasteiger partial charge in [0.2, 0.25) is 0 Å². The van der Waals surface area contributed by atoms with Gasteiger partial charge in [0.15, 0.2) is 0 Å². The van der Waals surface area contributed by atoms with Gasteiger partial charge in [0.25, 0.3) is 0 Å². The molecule has 0 spiro atoms. The first-order chi connectivity index (χ1) is 16.7. The molecule has 2 aliphatic rings. The third-order valence-corrected chi connectivity index (χ3v) is 8.41. The molecule has 3 nitrogen and oxygen atoms in total. The van der Waals surface area contributed by atoms with Crippen LogP contribution in [0.3, 0.4) is 0 Å². The highest BCUT2D eigenvalue weighted by Gasteiger charge is 2.34. The Morgan fingerprint density at radius 3 is 2.32 bits per heavy atom. The van der Waals surface area contributed by atoms with Crippen molar-refractivity contribution in [3.8, 4) is 0 Å². The molecule has 2 aromatic heterocycles. The van der Waals surface area contributed by atoms with Crippen molar-refractivity contribution in [3.05, 3.63) is 116 Å². The molecule has 7 rings (SSSR count). The topological polar surface area (TPSA) is 30.7 Å². The molecule has 0 aliphatic heterocycles. The van der Waals surface area contributed by atoms with Crippen molar-refractivity contribution in [2.45, 2.75) is 43.6 Å². The number of fused-ring (bicyclic) bond motifs is 2. The maximum atomic E-state index is 6.21. The molecule has 5 aromatic rings. The molecule has 0 N–H and O–H groups in total. The predicted octanol–water partition coefficient (Wildman–Crippen LogP) is 7.54. The summed E-state index contributed by atoms with van der Waals surface area (Å²) >= 11 is 7.92. The standard InChI is InChI=1S/C29H24ClN3S/c30-23-10-7-18(8-11-23)27(29-31-13-14-34-29)22-9-12-25-26(17-22)33(28(32-25)19-5-6-19)24-15-20-3-1-2-4-21(20)16-24/h1-4,7-14,17,19,24,27H,5-6,15-16H2. The van der Waals surface area contributed by atoms with E-state index in [0.29, 0.717) is 12.0 Å². The summed E-state index contributed by atoms with van der Waals surface area (Å²) in [4.78, 5) is 9.87. The number of imidazole rings is 1. The molecule has 1 saturated carbocycles. The summed E-state index contributed by atoms with van der Waals surface area (Å²) in [6.45, 7) is 0. The Hall–Kier alpha value is -2.95. The van der Waals surface area contributed by atoms with Gasteiger partial charge in [-0.2, -0.15) is 0 Å². The third kappa shape index (κ3) is 3.48. The van der Waals surface area contributed by atoms with Crippen molar-refractivity contribution in [1.29, 1.82) is 0 Å². The fourth-order valence-corrected chi connectivity index (χ4v) is 6.47. The summed E-state index contributed by atoms with van der Waals surface area (Å²) < 4.78 is 2.58. The van der Waals surface area contributed by atoms with E-state index < -0.39 is 0 Å². The van der Waals surface area contributed by atoms with Crippen molar-refractivity contribution in [2.24, 2.45) is 0 Å². The number of thiazole rings is 1. The fraction of sp³-hybridized carbons (Fsp3) is 0.241. The van der Waals surface area contributed by atoms with Crippen LogP contribution in [-0.2, 0) is 12.8 Å². The van der Waals surface area contributed by atoms with E-state index in [2.05, 4.69) is 64.5 Å². The van der Waals surface area contributed by atoms with Crippen LogP contribution in [0.25, 0.3) is 11.0 Å². The molecule has 1 atom stereocenters. The zero-order valence-corrected chi connectivity index (χ0v) is 20.3. The summed E-state index contributed by atoms with van der Waals surface area (Å²) in [5.41, 5.74) is 7.79. The highest BCUT2D eigenvalue weighted by atomic mass is 35.5. The number of aromatic nitrogens is 3. The van der Waals surface area contributed by atoms with Gasteiger partial charge in [-0.3, -0.25) is 0 Å². The highest BCUT2D eigenvalue weighted by molar-refractivity contribution is 7.09. The molecule has 2 heterocycles. The summed E-state index contributed by atoms with van der Waals surface area (Å²) in [5, 5.41) is 3.91. The van der Waals surface area contributed by atoms with Gasteiger partial charge in [-0.15, -0.1) is 11.3 Å². The van der Waals surface area contributed by atoms with Crippen LogP contribution in [0.4, 0.5) is 0 Å². The van der Waals surface area contributed by atoms with Crippen LogP contribution < -0.4 is 0 Å². The highest BCUT2D eigenvalue weighted by Crippen LogP contribution is 2.44. The van der Waals surface area contributed by atoms with Gasteiger partial charge in [0.05, 0.1) is 17.0 Å². The quantitative estimate of drug-likeness (QED) is 0.259. The SMILES string of the molecule is Clc1ccc(C(c2ccc3nc(C4CC4)n(C4Cc5ccccc5C4)c3c2)c2nccs2)cc1. The van der Waals surface area contributed by atoms with Crippen LogP contribution in [-0.4, -0.2) is 14.5 Å². The minimum atomic E-state index is 0.0789. The van der Waals surface area contributed by atoms with E-state index >= 15 is 0 Å². The third-order valence-electron chi connectivity index (χ3n) is 7.31. The number of hydrogen-bond donors (Lipinski definition) is 0. The molecule has 0 radical (unpaired) electrons. The van der Waals surface area contributed by atoms with Gasteiger partial charge in [-0.1, -0.05) is 54.1 Å². The molecule has 34 heavy (non-hydrogen) atoms. The number of halogens is 1. The molecule has 2 aliphatic carbocycles. The first-order valence-electron chi connectivity index (χ1n) is 12.0. The van der Waals surface area contributed by atoms with E-state index in [9.17, 15) is 0 Å². The van der Waals surface area contributed by atoms with Gasteiger partial charge in [0, 0.05) is 28.6 Å². The van der Waals surface area contributed by atoms with Crippen LogP contribution in [0.5, 0.6) is 0 Å². The van der Waals surface area contributed by atoms with Gasteiger partial charge in [-0.05, 0) is 72.2 Å². The predicted molar refractivity (Wildman–Crippen MR) is 139 cm³/mol. The van der Waals surface area contributed by atoms with Gasteiger partial charge < -0.3 is 4.57 Å². The number of rotatable bonds is 5. The summed E-state index contributed by atoms with van der Waals surface area (Å²) in [6, 6.07) is 24.4. The molecular weight excluding hydrogens is 458 g/mol. The van der Waals surface area contributed by atoms with Crippen molar-refractivity contribution >= 4 is 34.0 Å². The van der Waals surface area contributed by atoms with Crippen LogP contribution in [0.15, 0.2) is 78.3 Å². The van der Waals surface area contributed by atoms with Crippen molar-refractivity contribution < 1.29 is 0 Å². The Morgan fingerprint density at radius 2 is 1.65 bits per heavy atom. The van der Waals surface area contributed by atoms with Gasteiger partial charge in [0.1, 0.15) is 10.8 Å². The minimum absolute atomic E-state index is 0.0789. The normalized spacial score (nSPS) is 16.7. The van der Waals surface area contributed by atoms with E-state index in [1.54, 1.807) is 11.3 Å². The number of benzene rings is 3. The van der Waals surface area contributed by atoms with Crippen LogP contribution in [0.1, 0.15) is 63.8 Å². The molecule has 0 bridgehead atoms. The van der Waals surface area contributed by atoms with E-state index in [4.69, 9.17) is 21.6 Å². The Kier molecular flexibility index (Phi) is 4.85. The Labute approximate surface area is 208 Å². The van der Waals surface area contributed by atoms with Crippen molar-refractivity contribution in [3.63, 3.8) is 0 Å². The Bertz CT molecular complexity index is 1460. The summed E-state index contributed by atoms with van der Waals surface area (Å²) in [5.74, 6) is 1.96. The molecule has 1 fully saturated rings. The maximum absolute atomic E-state index is 6.21. The lowest BCUT2D eigenvalue weighted by molar-refractivity contribution is 0.521. The lowest BCUT2D eigenvalue weighted by Crippen LogP contribution is -2.12. The van der Waals surface area contributed by atoms with E-state index in [0.717, 1.165) is 28.4 Å². The molecule has 0 amide bonds. The van der Waals surface area contributed by atoms with Crippen LogP contribution >= 0.6 is 22.9 Å². The van der Waals surface area contributed by atoms with E-state index in [1.807, 2.05) is 18.3 Å². The lowest BCUT2D eigenvalue weighted by Gasteiger charge is -2.19. The first kappa shape index (κ1) is 20.4. The van der Waals surface area contributed by atoms with Gasteiger partial charge in [-0.25, -0.2) is 9.97 Å². The first-order valence-corrected chi connectivity index (χ1v) is 13.2. The molecule has 168 valence electrons. The fourth-order valence-electron chi connectivity index (χ4n) is 5.55. The maximum Gasteiger partial charge on any atom is 0.113 e. The second-order valence-corrected chi connectivity index (χ2v) is 10.9. The lowest BCUT2D eigenvalue weighted by atomic mass is 9.91. The zero-order valence-electron chi connectivity index (χ0n) is 18.7. The van der Waals surface area contributed by atoms with Crippen LogP contribution in [0.2, 0.25) is 5.02 Å². The van der Waals surface area contributed by atoms with Crippen molar-refractivity contribution in [1.82, 2.24) is 14.5 Å². The molecule has 5 heteroatoms. The second-order valence-electron chi connectivity index (χ2n) is 9.55. The van der Waals surface area contributed by atoms with Crippen LogP contribution in [0, 0.1) is 0 Å². The Morgan fingerprint density at radius 1 is 0.912 bits per heavy atom. The Balaban J connectivity index is 1.38. The zero-order chi connectivity index (χ0) is 22.6. The minimum Gasteiger partial charge on any atom is -0.324 e. The molecule has 3 aromatic carbocycles. The largest absolute Gasteiger partial charge is 0.324 e. The summed E-state index contributed by atoms with van der Waals surface area (Å²) in [6.07, 6.45) is 6.56. The smallest absolute Gasteiger partial charge is 0.113 e. The molecular formula is C29H24ClN3S.